The van der Waals surface area contributed by atoms with E-state index in [2.05, 4.69) is 39.5 Å². The molecule has 2 bridgehead atoms. The third kappa shape index (κ3) is 1.25. The Kier molecular flexibility index (Phi) is 2.65. The van der Waals surface area contributed by atoms with Gasteiger partial charge in [-0.3, -0.25) is 4.90 Å². The quantitative estimate of drug-likeness (QED) is 0.687. The van der Waals surface area contributed by atoms with E-state index in [1.54, 1.807) is 0 Å². The summed E-state index contributed by atoms with van der Waals surface area (Å²) in [6, 6.07) is 0. The predicted molar refractivity (Wildman–Crippen MR) is 65.9 cm³/mol. The molecule has 0 heterocycles. The second-order valence-corrected chi connectivity index (χ2v) is 6.25. The van der Waals surface area contributed by atoms with Gasteiger partial charge in [-0.2, -0.15) is 0 Å². The van der Waals surface area contributed by atoms with Crippen LogP contribution >= 0.6 is 0 Å². The van der Waals surface area contributed by atoms with Crippen LogP contribution in [0.1, 0.15) is 53.9 Å². The highest BCUT2D eigenvalue weighted by Gasteiger charge is 2.61. The highest BCUT2D eigenvalue weighted by molar-refractivity contribution is 5.14. The number of hydrogen-bond donors (Lipinski definition) is 0. The molecule has 0 aromatic carbocycles. The van der Waals surface area contributed by atoms with Crippen molar-refractivity contribution in [3.8, 4) is 0 Å². The lowest BCUT2D eigenvalue weighted by Crippen LogP contribution is -2.59. The first kappa shape index (κ1) is 11.4. The Hall–Kier alpha value is -0.0400. The number of rotatable bonds is 3. The van der Waals surface area contributed by atoms with Crippen molar-refractivity contribution in [2.45, 2.75) is 59.4 Å². The summed E-state index contributed by atoms with van der Waals surface area (Å²) in [5.74, 6) is 1.94. The van der Waals surface area contributed by atoms with Crippen LogP contribution < -0.4 is 0 Å². The first-order valence-electron chi connectivity index (χ1n) is 6.73. The molecule has 1 nitrogen and oxygen atoms in total. The van der Waals surface area contributed by atoms with Crippen LogP contribution in [-0.4, -0.2) is 23.5 Å². The van der Waals surface area contributed by atoms with Gasteiger partial charge in [0.1, 0.15) is 0 Å². The van der Waals surface area contributed by atoms with E-state index < -0.39 is 0 Å². The van der Waals surface area contributed by atoms with Crippen LogP contribution in [0.5, 0.6) is 0 Å². The van der Waals surface area contributed by atoms with Gasteiger partial charge in [0, 0.05) is 5.54 Å². The van der Waals surface area contributed by atoms with Crippen LogP contribution in [-0.2, 0) is 0 Å². The summed E-state index contributed by atoms with van der Waals surface area (Å²) >= 11 is 0. The Morgan fingerprint density at radius 1 is 1.00 bits per heavy atom. The Bertz CT molecular complexity index is 242. The van der Waals surface area contributed by atoms with Gasteiger partial charge in [0.05, 0.1) is 0 Å². The van der Waals surface area contributed by atoms with E-state index in [0.717, 1.165) is 11.8 Å². The second kappa shape index (κ2) is 3.48. The molecule has 0 N–H and O–H groups in total. The van der Waals surface area contributed by atoms with Crippen molar-refractivity contribution in [2.24, 2.45) is 17.3 Å². The Labute approximate surface area is 95.2 Å². The highest BCUT2D eigenvalue weighted by Crippen LogP contribution is 2.63. The molecule has 2 aliphatic carbocycles. The van der Waals surface area contributed by atoms with Gasteiger partial charge >= 0.3 is 0 Å². The predicted octanol–water partition coefficient (Wildman–Crippen LogP) is 3.54. The van der Waals surface area contributed by atoms with E-state index >= 15 is 0 Å². The van der Waals surface area contributed by atoms with E-state index in [9.17, 15) is 0 Å². The molecule has 15 heavy (non-hydrogen) atoms. The van der Waals surface area contributed by atoms with E-state index in [0.29, 0.717) is 11.0 Å². The Morgan fingerprint density at radius 3 is 1.93 bits per heavy atom. The lowest BCUT2D eigenvalue weighted by molar-refractivity contribution is -0.0400. The van der Waals surface area contributed by atoms with Crippen molar-refractivity contribution in [3.05, 3.63) is 0 Å². The number of hydrogen-bond acceptors (Lipinski definition) is 1. The molecule has 0 radical (unpaired) electrons. The maximum absolute atomic E-state index is 2.72. The molecule has 0 aromatic heterocycles. The molecule has 0 amide bonds. The minimum absolute atomic E-state index is 0.458. The van der Waals surface area contributed by atoms with Crippen LogP contribution in [0.2, 0.25) is 0 Å². The van der Waals surface area contributed by atoms with Crippen LogP contribution in [0, 0.1) is 17.3 Å². The molecule has 3 atom stereocenters. The largest absolute Gasteiger partial charge is 0.298 e. The summed E-state index contributed by atoms with van der Waals surface area (Å²) in [6.07, 6.45) is 4.44. The van der Waals surface area contributed by atoms with Crippen LogP contribution in [0.15, 0.2) is 0 Å². The topological polar surface area (TPSA) is 3.24 Å². The Morgan fingerprint density at radius 2 is 1.53 bits per heavy atom. The fraction of sp³-hybridized carbons (Fsp3) is 1.00. The second-order valence-electron chi connectivity index (χ2n) is 6.25. The molecule has 0 aliphatic heterocycles. The first-order chi connectivity index (χ1) is 6.98. The minimum Gasteiger partial charge on any atom is -0.298 e. The average molecular weight is 209 g/mol. The van der Waals surface area contributed by atoms with Crippen LogP contribution in [0.4, 0.5) is 0 Å². The summed E-state index contributed by atoms with van der Waals surface area (Å²) in [4.78, 5) is 2.72. The molecule has 0 aromatic rings. The smallest absolute Gasteiger partial charge is 0.0262 e. The van der Waals surface area contributed by atoms with Crippen molar-refractivity contribution >= 4 is 0 Å². The van der Waals surface area contributed by atoms with Gasteiger partial charge in [-0.25, -0.2) is 0 Å². The van der Waals surface area contributed by atoms with Gasteiger partial charge in [0.15, 0.2) is 0 Å². The van der Waals surface area contributed by atoms with Crippen LogP contribution in [0.25, 0.3) is 0 Å². The fourth-order valence-electron chi connectivity index (χ4n) is 4.63. The summed E-state index contributed by atoms with van der Waals surface area (Å²) in [7, 11) is 0. The zero-order valence-corrected chi connectivity index (χ0v) is 11.1. The summed E-state index contributed by atoms with van der Waals surface area (Å²) < 4.78 is 0. The van der Waals surface area contributed by atoms with Crippen molar-refractivity contribution in [1.29, 1.82) is 0 Å². The van der Waals surface area contributed by atoms with Gasteiger partial charge in [0.2, 0.25) is 0 Å². The minimum atomic E-state index is 0.458. The molecule has 2 rings (SSSR count). The highest BCUT2D eigenvalue weighted by atomic mass is 15.2. The van der Waals surface area contributed by atoms with Gasteiger partial charge < -0.3 is 0 Å². The zero-order valence-electron chi connectivity index (χ0n) is 11.1. The van der Waals surface area contributed by atoms with Gasteiger partial charge in [0.25, 0.3) is 0 Å². The molecule has 0 saturated heterocycles. The molecule has 88 valence electrons. The fourth-order valence-corrected chi connectivity index (χ4v) is 4.63. The Balaban J connectivity index is 2.33. The lowest BCUT2D eigenvalue weighted by atomic mass is 9.63. The maximum Gasteiger partial charge on any atom is 0.0262 e. The third-order valence-electron chi connectivity index (χ3n) is 5.97. The first-order valence-corrected chi connectivity index (χ1v) is 6.73. The lowest BCUT2D eigenvalue weighted by Gasteiger charge is -2.54. The summed E-state index contributed by atoms with van der Waals surface area (Å²) in [5, 5.41) is 0. The van der Waals surface area contributed by atoms with Gasteiger partial charge in [-0.1, -0.05) is 27.7 Å². The molecule has 0 unspecified atom stereocenters. The van der Waals surface area contributed by atoms with E-state index in [1.807, 2.05) is 0 Å². The van der Waals surface area contributed by atoms with E-state index in [-0.39, 0.29) is 0 Å². The van der Waals surface area contributed by atoms with Crippen molar-refractivity contribution in [1.82, 2.24) is 4.90 Å². The van der Waals surface area contributed by atoms with Gasteiger partial charge in [-0.15, -0.1) is 0 Å². The molecular formula is C14H27N. The number of fused-ring (bicyclic) bond motifs is 2. The normalized spacial score (nSPS) is 42.8. The monoisotopic (exact) mass is 209 g/mol. The van der Waals surface area contributed by atoms with E-state index in [1.165, 1.54) is 32.4 Å². The zero-order chi connectivity index (χ0) is 11.3. The molecular weight excluding hydrogens is 182 g/mol. The van der Waals surface area contributed by atoms with Gasteiger partial charge in [-0.05, 0) is 56.5 Å². The average Bonchev–Trinajstić information content (AvgIpc) is 2.72. The standard InChI is InChI=1S/C14H27N/c1-6-15(7-2)14(5)12-9-8-11(10-12)13(14,3)4/h11-12H,6-10H2,1-5H3/t11-,12-,14+/m0/s1. The van der Waals surface area contributed by atoms with E-state index in [4.69, 9.17) is 0 Å². The maximum atomic E-state index is 2.72. The van der Waals surface area contributed by atoms with Crippen LogP contribution in [0.3, 0.4) is 0 Å². The molecule has 2 aliphatic rings. The molecule has 2 fully saturated rings. The summed E-state index contributed by atoms with van der Waals surface area (Å²) in [5.41, 5.74) is 0.974. The third-order valence-corrected chi connectivity index (χ3v) is 5.97. The molecule has 0 spiro atoms. The summed E-state index contributed by atoms with van der Waals surface area (Å²) in [6.45, 7) is 14.6. The van der Waals surface area contributed by atoms with Crippen molar-refractivity contribution in [2.75, 3.05) is 13.1 Å². The van der Waals surface area contributed by atoms with Crippen molar-refractivity contribution < 1.29 is 0 Å². The SMILES string of the molecule is CCN(CC)[C@]1(C)[C@H]2CC[C@@H](C2)C1(C)C. The molecule has 2 saturated carbocycles. The molecule has 1 heteroatoms. The number of nitrogens with zero attached hydrogens (tertiary/aromatic N) is 1. The van der Waals surface area contributed by atoms with Crippen molar-refractivity contribution in [3.63, 3.8) is 0 Å².